The Kier molecular flexibility index (Phi) is 5.98. The van der Waals surface area contributed by atoms with Gasteiger partial charge in [-0.15, -0.1) is 11.6 Å². The van der Waals surface area contributed by atoms with Crippen molar-refractivity contribution in [2.75, 3.05) is 20.0 Å². The van der Waals surface area contributed by atoms with Gasteiger partial charge in [0.1, 0.15) is 11.9 Å². The van der Waals surface area contributed by atoms with Gasteiger partial charge in [0.15, 0.2) is 0 Å². The molecule has 1 aliphatic heterocycles. The quantitative estimate of drug-likeness (QED) is 0.435. The van der Waals surface area contributed by atoms with Crippen LogP contribution in [0.5, 0.6) is 0 Å². The summed E-state index contributed by atoms with van der Waals surface area (Å²) in [7, 11) is -1.01. The molecule has 0 unspecified atom stereocenters. The number of nitrogens with zero attached hydrogens (tertiary/aromatic N) is 1. The van der Waals surface area contributed by atoms with Crippen LogP contribution in [0.1, 0.15) is 22.9 Å². The molecule has 10 heteroatoms. The maximum Gasteiger partial charge on any atom is 0.328 e. The minimum absolute atomic E-state index is 0.0937. The number of fused-ring (bicyclic) bond motifs is 3. The first-order valence-electron chi connectivity index (χ1n) is 9.90. The van der Waals surface area contributed by atoms with Crippen molar-refractivity contribution in [1.82, 2.24) is 14.6 Å². The summed E-state index contributed by atoms with van der Waals surface area (Å²) in [6.45, 7) is 0. The number of benzene rings is 2. The number of aromatic amines is 1. The van der Waals surface area contributed by atoms with Crippen molar-refractivity contribution in [3.05, 3.63) is 65.4 Å². The lowest BCUT2D eigenvalue weighted by Gasteiger charge is -2.40. The highest BCUT2D eigenvalue weighted by Crippen LogP contribution is 2.41. The van der Waals surface area contributed by atoms with E-state index in [0.29, 0.717) is 5.56 Å². The van der Waals surface area contributed by atoms with E-state index in [2.05, 4.69) is 9.71 Å². The lowest BCUT2D eigenvalue weighted by Crippen LogP contribution is -2.52. The predicted octanol–water partition coefficient (Wildman–Crippen LogP) is 2.33. The zero-order valence-corrected chi connectivity index (χ0v) is 19.0. The Morgan fingerprint density at radius 2 is 1.88 bits per heavy atom. The van der Waals surface area contributed by atoms with Gasteiger partial charge < -0.3 is 14.6 Å². The number of alkyl halides is 1. The first kappa shape index (κ1) is 22.3. The number of para-hydroxylation sites is 1. The van der Waals surface area contributed by atoms with Crippen molar-refractivity contribution in [3.8, 4) is 0 Å². The van der Waals surface area contributed by atoms with Crippen molar-refractivity contribution in [2.24, 2.45) is 0 Å². The zero-order valence-electron chi connectivity index (χ0n) is 17.5. The van der Waals surface area contributed by atoms with Crippen LogP contribution in [0.25, 0.3) is 10.9 Å². The summed E-state index contributed by atoms with van der Waals surface area (Å²) in [5.41, 5.74) is 3.18. The molecule has 8 nitrogen and oxygen atoms in total. The zero-order chi connectivity index (χ0) is 23.0. The van der Waals surface area contributed by atoms with Crippen LogP contribution in [-0.4, -0.2) is 56.3 Å². The SMILES string of the molecule is CNS(=O)(=O)c1ccc([C@H]2c3[nH]c4ccccc4c3C[C@H](C(=O)OC)N2C(=O)CCl)cc1. The minimum Gasteiger partial charge on any atom is -0.467 e. The van der Waals surface area contributed by atoms with Crippen molar-refractivity contribution in [1.29, 1.82) is 0 Å². The van der Waals surface area contributed by atoms with Gasteiger partial charge in [0, 0.05) is 23.0 Å². The number of esters is 1. The monoisotopic (exact) mass is 475 g/mol. The maximum absolute atomic E-state index is 12.9. The number of aromatic nitrogens is 1. The summed E-state index contributed by atoms with van der Waals surface area (Å²) in [5, 5.41) is 0.953. The van der Waals surface area contributed by atoms with Crippen molar-refractivity contribution in [2.45, 2.75) is 23.4 Å². The smallest absolute Gasteiger partial charge is 0.328 e. The van der Waals surface area contributed by atoms with Crippen LogP contribution in [0.15, 0.2) is 53.4 Å². The highest BCUT2D eigenvalue weighted by molar-refractivity contribution is 7.89. The van der Waals surface area contributed by atoms with Gasteiger partial charge in [-0.25, -0.2) is 17.9 Å². The number of carbonyl (C=O) groups is 2. The van der Waals surface area contributed by atoms with E-state index >= 15 is 0 Å². The Hall–Kier alpha value is -2.88. The number of rotatable bonds is 5. The van der Waals surface area contributed by atoms with Crippen LogP contribution >= 0.6 is 11.6 Å². The standard InChI is InChI=1S/C22H22ClN3O5S/c1-24-32(29,30)14-9-7-13(8-10-14)21-20-16(15-5-3-4-6-17(15)25-20)11-18(22(28)31-2)26(21)19(27)12-23/h3-10,18,21,24-25H,11-12H2,1-2H3/t18-,21+/m1/s1. The van der Waals surface area contributed by atoms with E-state index in [4.69, 9.17) is 16.3 Å². The number of hydrogen-bond acceptors (Lipinski definition) is 5. The largest absolute Gasteiger partial charge is 0.467 e. The third-order valence-electron chi connectivity index (χ3n) is 5.78. The number of halogens is 1. The second-order valence-electron chi connectivity index (χ2n) is 7.42. The number of carbonyl (C=O) groups excluding carboxylic acids is 2. The highest BCUT2D eigenvalue weighted by atomic mass is 35.5. The van der Waals surface area contributed by atoms with Gasteiger partial charge in [-0.2, -0.15) is 0 Å². The third kappa shape index (κ3) is 3.66. The fourth-order valence-corrected chi connectivity index (χ4v) is 5.15. The van der Waals surface area contributed by atoms with Gasteiger partial charge in [-0.3, -0.25) is 4.79 Å². The van der Waals surface area contributed by atoms with Crippen LogP contribution in [0, 0.1) is 0 Å². The summed E-state index contributed by atoms with van der Waals surface area (Å²) in [6.07, 6.45) is 0.275. The molecule has 0 aliphatic carbocycles. The lowest BCUT2D eigenvalue weighted by molar-refractivity contribution is -0.154. The van der Waals surface area contributed by atoms with Crippen LogP contribution in [-0.2, 0) is 30.8 Å². The molecule has 0 radical (unpaired) electrons. The number of sulfonamides is 1. The number of hydrogen-bond donors (Lipinski definition) is 2. The molecule has 0 fully saturated rings. The van der Waals surface area contributed by atoms with Crippen LogP contribution in [0.4, 0.5) is 0 Å². The number of amides is 1. The highest BCUT2D eigenvalue weighted by Gasteiger charge is 2.43. The molecule has 2 aromatic carbocycles. The summed E-state index contributed by atoms with van der Waals surface area (Å²) in [4.78, 5) is 30.6. The number of ether oxygens (including phenoxy) is 1. The lowest BCUT2D eigenvalue weighted by atomic mass is 9.88. The van der Waals surface area contributed by atoms with E-state index in [1.54, 1.807) is 12.1 Å². The number of methoxy groups -OCH3 is 1. The molecule has 0 saturated heterocycles. The molecule has 1 amide bonds. The fourth-order valence-electron chi connectivity index (χ4n) is 4.28. The summed E-state index contributed by atoms with van der Waals surface area (Å²) >= 11 is 5.92. The second-order valence-corrected chi connectivity index (χ2v) is 9.57. The fraction of sp³-hybridized carbons (Fsp3) is 0.273. The Bertz CT molecular complexity index is 1290. The van der Waals surface area contributed by atoms with E-state index in [1.807, 2.05) is 24.3 Å². The molecule has 2 atom stereocenters. The molecule has 32 heavy (non-hydrogen) atoms. The average molecular weight is 476 g/mol. The molecular weight excluding hydrogens is 454 g/mol. The Balaban J connectivity index is 1.94. The molecule has 0 spiro atoms. The van der Waals surface area contributed by atoms with E-state index in [1.165, 1.54) is 31.2 Å². The molecule has 3 aromatic rings. The van der Waals surface area contributed by atoms with E-state index in [9.17, 15) is 18.0 Å². The van der Waals surface area contributed by atoms with Crippen molar-refractivity contribution >= 4 is 44.4 Å². The molecule has 2 N–H and O–H groups in total. The van der Waals surface area contributed by atoms with E-state index < -0.39 is 34.0 Å². The average Bonchev–Trinajstić information content (AvgIpc) is 3.20. The molecule has 2 heterocycles. The molecule has 1 aromatic heterocycles. The normalized spacial score (nSPS) is 18.4. The first-order chi connectivity index (χ1) is 15.3. The minimum atomic E-state index is -3.62. The summed E-state index contributed by atoms with van der Waals surface area (Å²) < 4.78 is 31.6. The van der Waals surface area contributed by atoms with Gasteiger partial charge in [0.05, 0.1) is 18.0 Å². The third-order valence-corrected chi connectivity index (χ3v) is 7.44. The molecule has 1 aliphatic rings. The van der Waals surface area contributed by atoms with Gasteiger partial charge in [-0.1, -0.05) is 30.3 Å². The number of nitrogens with one attached hydrogen (secondary N) is 2. The van der Waals surface area contributed by atoms with Crippen LogP contribution < -0.4 is 4.72 Å². The van der Waals surface area contributed by atoms with Gasteiger partial charge in [0.25, 0.3) is 0 Å². The second kappa shape index (κ2) is 8.57. The van der Waals surface area contributed by atoms with Gasteiger partial charge in [-0.05, 0) is 36.4 Å². The molecule has 4 rings (SSSR count). The Morgan fingerprint density at radius 1 is 1.19 bits per heavy atom. The molecule has 0 bridgehead atoms. The first-order valence-corrected chi connectivity index (χ1v) is 11.9. The Morgan fingerprint density at radius 3 is 2.50 bits per heavy atom. The van der Waals surface area contributed by atoms with Crippen LogP contribution in [0.2, 0.25) is 0 Å². The summed E-state index contributed by atoms with van der Waals surface area (Å²) in [5.74, 6) is -1.28. The van der Waals surface area contributed by atoms with Crippen molar-refractivity contribution in [3.63, 3.8) is 0 Å². The van der Waals surface area contributed by atoms with E-state index in [-0.39, 0.29) is 17.2 Å². The molecule has 168 valence electrons. The van der Waals surface area contributed by atoms with Gasteiger partial charge >= 0.3 is 5.97 Å². The molecule has 0 saturated carbocycles. The molecular formula is C22H22ClN3O5S. The van der Waals surface area contributed by atoms with Gasteiger partial charge in [0.2, 0.25) is 15.9 Å². The predicted molar refractivity (Wildman–Crippen MR) is 120 cm³/mol. The topological polar surface area (TPSA) is 109 Å². The van der Waals surface area contributed by atoms with Crippen molar-refractivity contribution < 1.29 is 22.7 Å². The van der Waals surface area contributed by atoms with Crippen LogP contribution in [0.3, 0.4) is 0 Å². The van der Waals surface area contributed by atoms with E-state index in [0.717, 1.165) is 22.2 Å². The Labute approximate surface area is 190 Å². The maximum atomic E-state index is 12.9. The number of H-pyrrole nitrogens is 1. The summed E-state index contributed by atoms with van der Waals surface area (Å²) in [6, 6.07) is 12.4.